The van der Waals surface area contributed by atoms with Crippen LogP contribution in [-0.4, -0.2) is 30.1 Å². The van der Waals surface area contributed by atoms with E-state index >= 15 is 0 Å². The molecule has 0 saturated carbocycles. The van der Waals surface area contributed by atoms with Crippen LogP contribution in [0.5, 0.6) is 5.75 Å². The molecular formula is C23H24N4O3S. The molecule has 4 aromatic rings. The van der Waals surface area contributed by atoms with Gasteiger partial charge in [0, 0.05) is 11.8 Å². The molecule has 0 saturated heterocycles. The molecule has 0 atom stereocenters. The van der Waals surface area contributed by atoms with Crippen LogP contribution < -0.4 is 9.46 Å². The van der Waals surface area contributed by atoms with Crippen molar-refractivity contribution in [3.8, 4) is 5.75 Å². The van der Waals surface area contributed by atoms with Crippen LogP contribution in [-0.2, 0) is 29.5 Å². The van der Waals surface area contributed by atoms with E-state index in [9.17, 15) is 8.42 Å². The van der Waals surface area contributed by atoms with Gasteiger partial charge in [0.05, 0.1) is 25.1 Å². The van der Waals surface area contributed by atoms with Crippen LogP contribution in [0, 0.1) is 0 Å². The summed E-state index contributed by atoms with van der Waals surface area (Å²) >= 11 is 0. The number of benzene rings is 2. The smallest absolute Gasteiger partial charge is 0.240 e. The molecule has 0 radical (unpaired) electrons. The fraction of sp³-hybridized carbons (Fsp3) is 0.217. The first kappa shape index (κ1) is 21.0. The fourth-order valence-electron chi connectivity index (χ4n) is 3.46. The molecule has 0 aliphatic carbocycles. The Hall–Kier alpha value is -3.23. The maximum Gasteiger partial charge on any atom is 0.240 e. The molecule has 2 heterocycles. The number of ether oxygens (including phenoxy) is 1. The van der Waals surface area contributed by atoms with Crippen LogP contribution in [0.25, 0.3) is 11.2 Å². The average molecular weight is 437 g/mol. The highest BCUT2D eigenvalue weighted by molar-refractivity contribution is 7.89. The predicted octanol–water partition coefficient (Wildman–Crippen LogP) is 3.53. The number of aromatic nitrogens is 3. The first-order valence-electron chi connectivity index (χ1n) is 10.0. The lowest BCUT2D eigenvalue weighted by molar-refractivity contribution is 0.408. The molecule has 31 heavy (non-hydrogen) atoms. The first-order chi connectivity index (χ1) is 15.0. The monoisotopic (exact) mass is 436 g/mol. The minimum Gasteiger partial charge on any atom is -0.496 e. The predicted molar refractivity (Wildman–Crippen MR) is 119 cm³/mol. The SMILES string of the molecule is CCc1ccc(S(=O)(=O)NCc2nc3cccnc3n2Cc2ccccc2OC)cc1. The van der Waals surface area contributed by atoms with E-state index < -0.39 is 10.0 Å². The Balaban J connectivity index is 1.65. The zero-order valence-corrected chi connectivity index (χ0v) is 18.3. The van der Waals surface area contributed by atoms with E-state index in [1.165, 1.54) is 0 Å². The number of imidazole rings is 1. The van der Waals surface area contributed by atoms with E-state index in [0.717, 1.165) is 23.3 Å². The molecule has 2 aromatic heterocycles. The molecule has 0 amide bonds. The fourth-order valence-corrected chi connectivity index (χ4v) is 4.44. The zero-order valence-electron chi connectivity index (χ0n) is 17.4. The third-order valence-electron chi connectivity index (χ3n) is 5.17. The molecule has 1 N–H and O–H groups in total. The summed E-state index contributed by atoms with van der Waals surface area (Å²) in [6.45, 7) is 2.53. The molecule has 0 bridgehead atoms. The van der Waals surface area contributed by atoms with Gasteiger partial charge in [-0.1, -0.05) is 37.3 Å². The third kappa shape index (κ3) is 4.45. The Morgan fingerprint density at radius 2 is 1.81 bits per heavy atom. The van der Waals surface area contributed by atoms with Gasteiger partial charge in [-0.05, 0) is 42.3 Å². The van der Waals surface area contributed by atoms with Gasteiger partial charge in [-0.15, -0.1) is 0 Å². The molecule has 8 heteroatoms. The molecule has 0 unspecified atom stereocenters. The Morgan fingerprint density at radius 1 is 1.03 bits per heavy atom. The van der Waals surface area contributed by atoms with Crippen LogP contribution in [0.4, 0.5) is 0 Å². The molecule has 0 fully saturated rings. The summed E-state index contributed by atoms with van der Waals surface area (Å²) < 4.78 is 35.7. The number of nitrogens with one attached hydrogen (secondary N) is 1. The van der Waals surface area contributed by atoms with Crippen molar-refractivity contribution in [2.24, 2.45) is 0 Å². The number of sulfonamides is 1. The van der Waals surface area contributed by atoms with Gasteiger partial charge >= 0.3 is 0 Å². The summed E-state index contributed by atoms with van der Waals surface area (Å²) in [6.07, 6.45) is 2.56. The Bertz CT molecular complexity index is 1300. The number of hydrogen-bond acceptors (Lipinski definition) is 5. The van der Waals surface area contributed by atoms with Gasteiger partial charge in [0.2, 0.25) is 10.0 Å². The number of fused-ring (bicyclic) bond motifs is 1. The lowest BCUT2D eigenvalue weighted by Crippen LogP contribution is -2.25. The number of para-hydroxylation sites is 1. The number of aryl methyl sites for hydroxylation is 1. The molecule has 160 valence electrons. The average Bonchev–Trinajstić information content (AvgIpc) is 3.15. The molecule has 0 spiro atoms. The highest BCUT2D eigenvalue weighted by atomic mass is 32.2. The van der Waals surface area contributed by atoms with Crippen molar-refractivity contribution in [2.45, 2.75) is 31.3 Å². The molecule has 7 nitrogen and oxygen atoms in total. The maximum atomic E-state index is 12.8. The van der Waals surface area contributed by atoms with E-state index in [0.29, 0.717) is 23.5 Å². The van der Waals surface area contributed by atoms with Crippen molar-refractivity contribution >= 4 is 21.2 Å². The maximum absolute atomic E-state index is 12.8. The van der Waals surface area contributed by atoms with E-state index in [-0.39, 0.29) is 11.4 Å². The van der Waals surface area contributed by atoms with Gasteiger partial charge in [0.25, 0.3) is 0 Å². The molecule has 0 aliphatic heterocycles. The second-order valence-electron chi connectivity index (χ2n) is 7.09. The Kier molecular flexibility index (Phi) is 6.01. The van der Waals surface area contributed by atoms with Crippen molar-refractivity contribution in [1.29, 1.82) is 0 Å². The standard InChI is InChI=1S/C23H24N4O3S/c1-3-17-10-12-19(13-11-17)31(28,29)25-15-22-26-20-8-6-14-24-23(20)27(22)16-18-7-4-5-9-21(18)30-2/h4-14,25H,3,15-16H2,1-2H3. The summed E-state index contributed by atoms with van der Waals surface area (Å²) in [5, 5.41) is 0. The third-order valence-corrected chi connectivity index (χ3v) is 6.58. The molecular weight excluding hydrogens is 412 g/mol. The van der Waals surface area contributed by atoms with Gasteiger partial charge in [-0.3, -0.25) is 0 Å². The summed E-state index contributed by atoms with van der Waals surface area (Å²) in [6, 6.07) is 18.3. The lowest BCUT2D eigenvalue weighted by Gasteiger charge is -2.13. The second kappa shape index (κ2) is 8.87. The number of pyridine rings is 1. The summed E-state index contributed by atoms with van der Waals surface area (Å²) in [4.78, 5) is 9.31. The van der Waals surface area contributed by atoms with Crippen LogP contribution >= 0.6 is 0 Å². The minimum atomic E-state index is -3.67. The minimum absolute atomic E-state index is 0.0450. The normalized spacial score (nSPS) is 11.7. The molecule has 2 aromatic carbocycles. The summed E-state index contributed by atoms with van der Waals surface area (Å²) in [7, 11) is -2.04. The number of hydrogen-bond donors (Lipinski definition) is 1. The number of methoxy groups -OCH3 is 1. The van der Waals surface area contributed by atoms with Crippen molar-refractivity contribution in [3.05, 3.63) is 83.8 Å². The van der Waals surface area contributed by atoms with Gasteiger partial charge in [-0.2, -0.15) is 0 Å². The van der Waals surface area contributed by atoms with Crippen LogP contribution in [0.3, 0.4) is 0 Å². The van der Waals surface area contributed by atoms with Crippen molar-refractivity contribution in [1.82, 2.24) is 19.3 Å². The lowest BCUT2D eigenvalue weighted by atomic mass is 10.2. The zero-order chi connectivity index (χ0) is 21.8. The summed E-state index contributed by atoms with van der Waals surface area (Å²) in [5.74, 6) is 1.33. The number of rotatable bonds is 8. The molecule has 4 rings (SSSR count). The van der Waals surface area contributed by atoms with Crippen molar-refractivity contribution in [3.63, 3.8) is 0 Å². The number of nitrogens with zero attached hydrogens (tertiary/aromatic N) is 3. The Morgan fingerprint density at radius 3 is 2.55 bits per heavy atom. The molecule has 0 aliphatic rings. The highest BCUT2D eigenvalue weighted by Gasteiger charge is 2.18. The van der Waals surface area contributed by atoms with E-state index in [1.807, 2.05) is 60.0 Å². The van der Waals surface area contributed by atoms with Crippen molar-refractivity contribution < 1.29 is 13.2 Å². The highest BCUT2D eigenvalue weighted by Crippen LogP contribution is 2.22. The van der Waals surface area contributed by atoms with E-state index in [2.05, 4.69) is 14.7 Å². The van der Waals surface area contributed by atoms with Gasteiger partial charge in [-0.25, -0.2) is 23.1 Å². The van der Waals surface area contributed by atoms with Gasteiger partial charge < -0.3 is 9.30 Å². The van der Waals surface area contributed by atoms with Gasteiger partial charge in [0.1, 0.15) is 17.1 Å². The van der Waals surface area contributed by atoms with Crippen LogP contribution in [0.1, 0.15) is 23.9 Å². The van der Waals surface area contributed by atoms with Crippen molar-refractivity contribution in [2.75, 3.05) is 7.11 Å². The largest absolute Gasteiger partial charge is 0.496 e. The van der Waals surface area contributed by atoms with Crippen LogP contribution in [0.2, 0.25) is 0 Å². The van der Waals surface area contributed by atoms with Gasteiger partial charge in [0.15, 0.2) is 5.65 Å². The quantitative estimate of drug-likeness (QED) is 0.457. The Labute approximate surface area is 181 Å². The van der Waals surface area contributed by atoms with Crippen LogP contribution in [0.15, 0.2) is 71.8 Å². The second-order valence-corrected chi connectivity index (χ2v) is 8.86. The first-order valence-corrected chi connectivity index (χ1v) is 11.5. The topological polar surface area (TPSA) is 86.1 Å². The van der Waals surface area contributed by atoms with E-state index in [4.69, 9.17) is 4.74 Å². The summed E-state index contributed by atoms with van der Waals surface area (Å²) in [5.41, 5.74) is 3.44. The van der Waals surface area contributed by atoms with E-state index in [1.54, 1.807) is 25.4 Å².